The highest BCUT2D eigenvalue weighted by Crippen LogP contribution is 2.32. The van der Waals surface area contributed by atoms with Gasteiger partial charge in [0.15, 0.2) is 11.5 Å². The molecule has 4 nitrogen and oxygen atoms in total. The number of amides is 1. The van der Waals surface area contributed by atoms with Crippen molar-refractivity contribution in [2.75, 3.05) is 13.3 Å². The minimum Gasteiger partial charge on any atom is -0.454 e. The van der Waals surface area contributed by atoms with Crippen LogP contribution in [0.4, 0.5) is 0 Å². The molecule has 1 N–H and O–H groups in total. The van der Waals surface area contributed by atoms with Crippen molar-refractivity contribution in [3.05, 3.63) is 59.7 Å². The highest BCUT2D eigenvalue weighted by atomic mass is 16.7. The molecule has 0 saturated carbocycles. The molecule has 24 heavy (non-hydrogen) atoms. The van der Waals surface area contributed by atoms with Crippen LogP contribution in [0.5, 0.6) is 11.5 Å². The summed E-state index contributed by atoms with van der Waals surface area (Å²) < 4.78 is 10.6. The Morgan fingerprint density at radius 1 is 1.08 bits per heavy atom. The monoisotopic (exact) mass is 325 g/mol. The first-order valence-corrected chi connectivity index (χ1v) is 8.40. The van der Waals surface area contributed by atoms with Crippen LogP contribution in [0, 0.1) is 5.92 Å². The maximum Gasteiger partial charge on any atom is 0.231 e. The number of rotatable bonds is 7. The van der Waals surface area contributed by atoms with E-state index in [1.807, 2.05) is 36.4 Å². The number of carbonyl (C=O) groups is 1. The van der Waals surface area contributed by atoms with E-state index in [2.05, 4.69) is 24.4 Å². The summed E-state index contributed by atoms with van der Waals surface area (Å²) in [4.78, 5) is 12.0. The van der Waals surface area contributed by atoms with Gasteiger partial charge in [-0.15, -0.1) is 0 Å². The summed E-state index contributed by atoms with van der Waals surface area (Å²) in [6, 6.07) is 16.2. The van der Waals surface area contributed by atoms with E-state index in [0.717, 1.165) is 23.5 Å². The zero-order chi connectivity index (χ0) is 16.8. The second-order valence-corrected chi connectivity index (χ2v) is 6.29. The zero-order valence-corrected chi connectivity index (χ0v) is 14.0. The molecule has 1 atom stereocenters. The van der Waals surface area contributed by atoms with Gasteiger partial charge in [0.05, 0.1) is 0 Å². The first-order chi connectivity index (χ1) is 11.7. The third-order valence-electron chi connectivity index (χ3n) is 4.15. The highest BCUT2D eigenvalue weighted by molar-refractivity contribution is 5.76. The minimum absolute atomic E-state index is 0.0904. The number of hydrogen-bond donors (Lipinski definition) is 1. The van der Waals surface area contributed by atoms with E-state index in [1.165, 1.54) is 5.56 Å². The van der Waals surface area contributed by atoms with Crippen LogP contribution in [0.25, 0.3) is 0 Å². The predicted molar refractivity (Wildman–Crippen MR) is 93.2 cm³/mol. The van der Waals surface area contributed by atoms with Crippen LogP contribution in [-0.2, 0) is 17.6 Å². The van der Waals surface area contributed by atoms with Gasteiger partial charge in [0, 0.05) is 13.0 Å². The molecule has 2 aromatic carbocycles. The molecular weight excluding hydrogens is 302 g/mol. The first kappa shape index (κ1) is 16.4. The second kappa shape index (κ2) is 7.86. The fraction of sp³-hybridized carbons (Fsp3) is 0.350. The lowest BCUT2D eigenvalue weighted by Gasteiger charge is -2.13. The van der Waals surface area contributed by atoms with E-state index >= 15 is 0 Å². The van der Waals surface area contributed by atoms with Crippen LogP contribution in [-0.4, -0.2) is 19.2 Å². The van der Waals surface area contributed by atoms with Gasteiger partial charge in [0.2, 0.25) is 12.7 Å². The summed E-state index contributed by atoms with van der Waals surface area (Å²) in [7, 11) is 0. The summed E-state index contributed by atoms with van der Waals surface area (Å²) in [6.45, 7) is 3.14. The van der Waals surface area contributed by atoms with Gasteiger partial charge >= 0.3 is 0 Å². The predicted octanol–water partition coefficient (Wildman–Crippen LogP) is 3.34. The highest BCUT2D eigenvalue weighted by Gasteiger charge is 2.13. The molecule has 1 amide bonds. The Bertz CT molecular complexity index is 685. The number of benzene rings is 2. The molecule has 0 fully saturated rings. The zero-order valence-electron chi connectivity index (χ0n) is 14.0. The molecular formula is C20H23NO3. The standard InChI is InChI=1S/C20H23NO3/c1-15(11-16-5-3-2-4-6-16)13-21-20(22)10-8-17-7-9-18-19(12-17)24-14-23-18/h2-7,9,12,15H,8,10-11,13-14H2,1H3,(H,21,22). The molecule has 0 aliphatic carbocycles. The Labute approximate surface area is 142 Å². The van der Waals surface area contributed by atoms with E-state index in [1.54, 1.807) is 0 Å². The van der Waals surface area contributed by atoms with Crippen LogP contribution >= 0.6 is 0 Å². The van der Waals surface area contributed by atoms with Crippen molar-refractivity contribution >= 4 is 5.91 Å². The molecule has 0 spiro atoms. The summed E-state index contributed by atoms with van der Waals surface area (Å²) in [6.07, 6.45) is 2.16. The maximum absolute atomic E-state index is 12.0. The van der Waals surface area contributed by atoms with Gasteiger partial charge < -0.3 is 14.8 Å². The lowest BCUT2D eigenvalue weighted by Crippen LogP contribution is -2.29. The van der Waals surface area contributed by atoms with E-state index in [9.17, 15) is 4.79 Å². The number of carbonyl (C=O) groups excluding carboxylic acids is 1. The van der Waals surface area contributed by atoms with Crippen molar-refractivity contribution in [1.29, 1.82) is 0 Å². The molecule has 2 aromatic rings. The second-order valence-electron chi connectivity index (χ2n) is 6.29. The molecule has 1 unspecified atom stereocenters. The normalized spacial score (nSPS) is 13.5. The van der Waals surface area contributed by atoms with Crippen LogP contribution in [0.3, 0.4) is 0 Å². The SMILES string of the molecule is CC(CNC(=O)CCc1ccc2c(c1)OCO2)Cc1ccccc1. The van der Waals surface area contributed by atoms with Crippen molar-refractivity contribution in [3.63, 3.8) is 0 Å². The van der Waals surface area contributed by atoms with Crippen LogP contribution in [0.1, 0.15) is 24.5 Å². The van der Waals surface area contributed by atoms with Crippen LogP contribution in [0.15, 0.2) is 48.5 Å². The molecule has 0 bridgehead atoms. The summed E-state index contributed by atoms with van der Waals surface area (Å²) >= 11 is 0. The molecule has 126 valence electrons. The number of fused-ring (bicyclic) bond motifs is 1. The fourth-order valence-electron chi connectivity index (χ4n) is 2.82. The molecule has 1 aliphatic heterocycles. The Hall–Kier alpha value is -2.49. The summed E-state index contributed by atoms with van der Waals surface area (Å²) in [5, 5.41) is 3.03. The summed E-state index contributed by atoms with van der Waals surface area (Å²) in [5.74, 6) is 2.05. The van der Waals surface area contributed by atoms with E-state index in [4.69, 9.17) is 9.47 Å². The van der Waals surface area contributed by atoms with Crippen LogP contribution < -0.4 is 14.8 Å². The van der Waals surface area contributed by atoms with Gasteiger partial charge in [0.25, 0.3) is 0 Å². The Kier molecular flexibility index (Phi) is 5.36. The van der Waals surface area contributed by atoms with E-state index in [-0.39, 0.29) is 12.7 Å². The molecule has 3 rings (SSSR count). The van der Waals surface area contributed by atoms with Gasteiger partial charge in [-0.2, -0.15) is 0 Å². The number of nitrogens with one attached hydrogen (secondary N) is 1. The molecule has 0 radical (unpaired) electrons. The van der Waals surface area contributed by atoms with Crippen LogP contribution in [0.2, 0.25) is 0 Å². The smallest absolute Gasteiger partial charge is 0.231 e. The number of hydrogen-bond acceptors (Lipinski definition) is 3. The Morgan fingerprint density at radius 3 is 2.71 bits per heavy atom. The van der Waals surface area contributed by atoms with Crippen molar-refractivity contribution < 1.29 is 14.3 Å². The third kappa shape index (κ3) is 4.51. The van der Waals surface area contributed by atoms with Gasteiger partial charge in [0.1, 0.15) is 0 Å². The average Bonchev–Trinajstić information content (AvgIpc) is 3.07. The van der Waals surface area contributed by atoms with Crippen molar-refractivity contribution in [2.45, 2.75) is 26.2 Å². The molecule has 1 aliphatic rings. The van der Waals surface area contributed by atoms with Crippen molar-refractivity contribution in [1.82, 2.24) is 5.32 Å². The maximum atomic E-state index is 12.0. The Balaban J connectivity index is 1.39. The first-order valence-electron chi connectivity index (χ1n) is 8.40. The quantitative estimate of drug-likeness (QED) is 0.849. The Morgan fingerprint density at radius 2 is 1.88 bits per heavy atom. The van der Waals surface area contributed by atoms with Crippen molar-refractivity contribution in [2.24, 2.45) is 5.92 Å². The van der Waals surface area contributed by atoms with Gasteiger partial charge in [-0.25, -0.2) is 0 Å². The molecule has 1 heterocycles. The minimum atomic E-state index is 0.0904. The van der Waals surface area contributed by atoms with Gasteiger partial charge in [-0.05, 0) is 42.0 Å². The number of ether oxygens (including phenoxy) is 2. The lowest BCUT2D eigenvalue weighted by atomic mass is 10.0. The fourth-order valence-corrected chi connectivity index (χ4v) is 2.82. The van der Waals surface area contributed by atoms with Gasteiger partial charge in [-0.3, -0.25) is 4.79 Å². The topological polar surface area (TPSA) is 47.6 Å². The number of aryl methyl sites for hydroxylation is 1. The largest absolute Gasteiger partial charge is 0.454 e. The van der Waals surface area contributed by atoms with Crippen molar-refractivity contribution in [3.8, 4) is 11.5 Å². The lowest BCUT2D eigenvalue weighted by molar-refractivity contribution is -0.121. The third-order valence-corrected chi connectivity index (χ3v) is 4.15. The average molecular weight is 325 g/mol. The van der Waals surface area contributed by atoms with Gasteiger partial charge in [-0.1, -0.05) is 43.3 Å². The van der Waals surface area contributed by atoms with E-state index in [0.29, 0.717) is 25.3 Å². The summed E-state index contributed by atoms with van der Waals surface area (Å²) in [5.41, 5.74) is 2.39. The molecule has 4 heteroatoms. The molecule has 0 saturated heterocycles. The molecule has 0 aromatic heterocycles. The van der Waals surface area contributed by atoms with E-state index < -0.39 is 0 Å².